The molecule has 22 heavy (non-hydrogen) atoms. The average molecular weight is 299 g/mol. The van der Waals surface area contributed by atoms with Crippen LogP contribution >= 0.6 is 0 Å². The van der Waals surface area contributed by atoms with Crippen molar-refractivity contribution in [1.29, 1.82) is 0 Å². The fraction of sp³-hybridized carbons (Fsp3) is 0.500. The highest BCUT2D eigenvalue weighted by molar-refractivity contribution is 5.41. The van der Waals surface area contributed by atoms with Crippen LogP contribution < -0.4 is 10.2 Å². The average Bonchev–Trinajstić information content (AvgIpc) is 2.78. The second-order valence-electron chi connectivity index (χ2n) is 6.04. The lowest BCUT2D eigenvalue weighted by Crippen LogP contribution is -2.25. The van der Waals surface area contributed by atoms with Gasteiger partial charge in [-0.2, -0.15) is 0 Å². The molecule has 0 spiro atoms. The monoisotopic (exact) mass is 299 g/mol. The first-order valence-electron chi connectivity index (χ1n) is 8.27. The van der Waals surface area contributed by atoms with Crippen molar-refractivity contribution in [2.75, 3.05) is 18.0 Å². The van der Waals surface area contributed by atoms with Crippen molar-refractivity contribution >= 4 is 5.82 Å². The van der Waals surface area contributed by atoms with Crippen LogP contribution in [0.3, 0.4) is 0 Å². The third kappa shape index (κ3) is 4.10. The summed E-state index contributed by atoms with van der Waals surface area (Å²) < 4.78 is 5.57. The number of aromatic nitrogens is 1. The zero-order valence-corrected chi connectivity index (χ0v) is 13.3. The van der Waals surface area contributed by atoms with E-state index in [9.17, 15) is 0 Å². The standard InChI is InChI=1S/C18H25N3O/c1-15-6-7-17(22-15)14-19-13-16-8-9-20-18(12-16)21-10-4-2-3-5-11-21/h6-9,12,19H,2-5,10-11,13-14H2,1H3. The lowest BCUT2D eigenvalue weighted by atomic mass is 10.2. The van der Waals surface area contributed by atoms with Crippen LogP contribution in [-0.2, 0) is 13.1 Å². The topological polar surface area (TPSA) is 41.3 Å². The molecular formula is C18H25N3O. The Hall–Kier alpha value is -1.81. The molecule has 3 rings (SSSR count). The summed E-state index contributed by atoms with van der Waals surface area (Å²) in [4.78, 5) is 6.98. The molecule has 4 nitrogen and oxygen atoms in total. The minimum atomic E-state index is 0.759. The molecule has 1 saturated heterocycles. The number of nitrogens with zero attached hydrogens (tertiary/aromatic N) is 2. The van der Waals surface area contributed by atoms with Crippen molar-refractivity contribution in [3.8, 4) is 0 Å². The minimum absolute atomic E-state index is 0.759. The Kier molecular flexibility index (Phi) is 5.11. The Morgan fingerprint density at radius 1 is 1.09 bits per heavy atom. The molecule has 4 heteroatoms. The van der Waals surface area contributed by atoms with Gasteiger partial charge in [0, 0.05) is 25.8 Å². The van der Waals surface area contributed by atoms with Crippen LogP contribution in [0.5, 0.6) is 0 Å². The second kappa shape index (κ2) is 7.45. The number of rotatable bonds is 5. The molecule has 0 aliphatic carbocycles. The smallest absolute Gasteiger partial charge is 0.128 e. The summed E-state index contributed by atoms with van der Waals surface area (Å²) in [6, 6.07) is 8.33. The van der Waals surface area contributed by atoms with Gasteiger partial charge in [0.2, 0.25) is 0 Å². The van der Waals surface area contributed by atoms with Crippen LogP contribution in [0.4, 0.5) is 5.82 Å². The first kappa shape index (κ1) is 15.1. The molecule has 1 N–H and O–H groups in total. The third-order valence-corrected chi connectivity index (χ3v) is 4.16. The van der Waals surface area contributed by atoms with Gasteiger partial charge in [0.05, 0.1) is 6.54 Å². The molecule has 1 aliphatic rings. The molecular weight excluding hydrogens is 274 g/mol. The van der Waals surface area contributed by atoms with Crippen LogP contribution in [0.15, 0.2) is 34.9 Å². The molecule has 0 unspecified atom stereocenters. The molecule has 1 aliphatic heterocycles. The van der Waals surface area contributed by atoms with Crippen molar-refractivity contribution in [2.45, 2.75) is 45.7 Å². The van der Waals surface area contributed by atoms with Gasteiger partial charge in [-0.3, -0.25) is 0 Å². The molecule has 1 fully saturated rings. The van der Waals surface area contributed by atoms with E-state index < -0.39 is 0 Å². The van der Waals surface area contributed by atoms with Crippen molar-refractivity contribution in [3.05, 3.63) is 47.5 Å². The van der Waals surface area contributed by atoms with E-state index in [1.54, 1.807) is 0 Å². The Balaban J connectivity index is 1.56. The maximum absolute atomic E-state index is 5.57. The van der Waals surface area contributed by atoms with Crippen LogP contribution in [0.2, 0.25) is 0 Å². The lowest BCUT2D eigenvalue weighted by Gasteiger charge is -2.21. The van der Waals surface area contributed by atoms with Crippen LogP contribution in [0.1, 0.15) is 42.8 Å². The summed E-state index contributed by atoms with van der Waals surface area (Å²) in [6.07, 6.45) is 7.18. The molecule has 0 aromatic carbocycles. The zero-order chi connectivity index (χ0) is 15.2. The lowest BCUT2D eigenvalue weighted by molar-refractivity contribution is 0.461. The van der Waals surface area contributed by atoms with Gasteiger partial charge in [-0.25, -0.2) is 4.98 Å². The molecule has 0 saturated carbocycles. The van der Waals surface area contributed by atoms with E-state index in [4.69, 9.17) is 4.42 Å². The molecule has 2 aromatic heterocycles. The molecule has 2 aromatic rings. The fourth-order valence-corrected chi connectivity index (χ4v) is 2.95. The number of hydrogen-bond donors (Lipinski definition) is 1. The molecule has 3 heterocycles. The van der Waals surface area contributed by atoms with Gasteiger partial charge in [-0.1, -0.05) is 12.8 Å². The predicted octanol–water partition coefficient (Wildman–Crippen LogP) is 3.65. The summed E-state index contributed by atoms with van der Waals surface area (Å²) in [6.45, 7) is 5.84. The zero-order valence-electron chi connectivity index (χ0n) is 13.3. The highest BCUT2D eigenvalue weighted by atomic mass is 16.3. The molecule has 118 valence electrons. The summed E-state index contributed by atoms with van der Waals surface area (Å²) >= 11 is 0. The molecule has 0 amide bonds. The van der Waals surface area contributed by atoms with E-state index >= 15 is 0 Å². The van der Waals surface area contributed by atoms with E-state index in [0.717, 1.165) is 43.5 Å². The van der Waals surface area contributed by atoms with E-state index in [2.05, 4.69) is 27.3 Å². The van der Waals surface area contributed by atoms with Crippen molar-refractivity contribution in [1.82, 2.24) is 10.3 Å². The van der Waals surface area contributed by atoms with Gasteiger partial charge in [0.25, 0.3) is 0 Å². The van der Waals surface area contributed by atoms with Gasteiger partial charge in [-0.15, -0.1) is 0 Å². The third-order valence-electron chi connectivity index (χ3n) is 4.16. The van der Waals surface area contributed by atoms with Gasteiger partial charge in [0.15, 0.2) is 0 Å². The largest absolute Gasteiger partial charge is 0.465 e. The number of aryl methyl sites for hydroxylation is 1. The maximum Gasteiger partial charge on any atom is 0.128 e. The van der Waals surface area contributed by atoms with Gasteiger partial charge < -0.3 is 14.6 Å². The first-order chi connectivity index (χ1) is 10.8. The number of hydrogen-bond acceptors (Lipinski definition) is 4. The minimum Gasteiger partial charge on any atom is -0.465 e. The van der Waals surface area contributed by atoms with Crippen molar-refractivity contribution in [3.63, 3.8) is 0 Å². The summed E-state index contributed by atoms with van der Waals surface area (Å²) in [7, 11) is 0. The molecule has 0 atom stereocenters. The number of anilines is 1. The number of nitrogens with one attached hydrogen (secondary N) is 1. The SMILES string of the molecule is Cc1ccc(CNCc2ccnc(N3CCCCCC3)c2)o1. The Morgan fingerprint density at radius 3 is 2.64 bits per heavy atom. The van der Waals surface area contributed by atoms with Gasteiger partial charge >= 0.3 is 0 Å². The van der Waals surface area contributed by atoms with Crippen LogP contribution in [0, 0.1) is 6.92 Å². The van der Waals surface area contributed by atoms with Gasteiger partial charge in [0.1, 0.15) is 17.3 Å². The van der Waals surface area contributed by atoms with Crippen molar-refractivity contribution < 1.29 is 4.42 Å². The molecule has 0 radical (unpaired) electrons. The highest BCUT2D eigenvalue weighted by Gasteiger charge is 2.11. The maximum atomic E-state index is 5.57. The van der Waals surface area contributed by atoms with E-state index in [1.807, 2.05) is 25.3 Å². The number of pyridine rings is 1. The Bertz CT molecular complexity index is 586. The quantitative estimate of drug-likeness (QED) is 0.915. The Labute approximate surface area is 132 Å². The first-order valence-corrected chi connectivity index (χ1v) is 8.27. The number of furan rings is 1. The van der Waals surface area contributed by atoms with E-state index in [-0.39, 0.29) is 0 Å². The van der Waals surface area contributed by atoms with Crippen LogP contribution in [0.25, 0.3) is 0 Å². The molecule has 0 bridgehead atoms. The van der Waals surface area contributed by atoms with E-state index in [0.29, 0.717) is 0 Å². The normalized spacial score (nSPS) is 15.8. The van der Waals surface area contributed by atoms with Crippen molar-refractivity contribution in [2.24, 2.45) is 0 Å². The van der Waals surface area contributed by atoms with E-state index in [1.165, 1.54) is 31.2 Å². The highest BCUT2D eigenvalue weighted by Crippen LogP contribution is 2.18. The van der Waals surface area contributed by atoms with Crippen LogP contribution in [-0.4, -0.2) is 18.1 Å². The fourth-order valence-electron chi connectivity index (χ4n) is 2.95. The Morgan fingerprint density at radius 2 is 1.91 bits per heavy atom. The van der Waals surface area contributed by atoms with Gasteiger partial charge in [-0.05, 0) is 49.6 Å². The summed E-state index contributed by atoms with van der Waals surface area (Å²) in [5.74, 6) is 3.07. The predicted molar refractivity (Wildman–Crippen MR) is 88.9 cm³/mol. The second-order valence-corrected chi connectivity index (χ2v) is 6.04. The summed E-state index contributed by atoms with van der Waals surface area (Å²) in [5.41, 5.74) is 1.28. The summed E-state index contributed by atoms with van der Waals surface area (Å²) in [5, 5.41) is 3.43.